The molecule has 1 heterocycles. The molecule has 3 rings (SSSR count). The van der Waals surface area contributed by atoms with E-state index in [9.17, 15) is 5.26 Å². The Morgan fingerprint density at radius 3 is 2.16 bits per heavy atom. The van der Waals surface area contributed by atoms with Crippen LogP contribution in [-0.2, 0) is 0 Å². The zero-order valence-corrected chi connectivity index (χ0v) is 18.9. The van der Waals surface area contributed by atoms with Crippen molar-refractivity contribution >= 4 is 5.82 Å². The van der Waals surface area contributed by atoms with Gasteiger partial charge in [0, 0.05) is 11.1 Å². The Hall–Kier alpha value is -3.52. The Kier molecular flexibility index (Phi) is 8.51. The number of unbranched alkanes of at least 4 members (excludes halogenated alkanes) is 5. The maximum absolute atomic E-state index is 9.65. The predicted molar refractivity (Wildman–Crippen MR) is 130 cm³/mol. The summed E-state index contributed by atoms with van der Waals surface area (Å²) in [5.74, 6) is 1.82. The summed E-state index contributed by atoms with van der Waals surface area (Å²) >= 11 is 0. The van der Waals surface area contributed by atoms with E-state index in [0.29, 0.717) is 11.3 Å². The summed E-state index contributed by atoms with van der Waals surface area (Å²) < 4.78 is 11.1. The highest BCUT2D eigenvalue weighted by atomic mass is 16.5. The first kappa shape index (κ1) is 23.1. The van der Waals surface area contributed by atoms with Crippen LogP contribution in [-0.4, -0.2) is 18.7 Å². The Bertz CT molecular complexity index is 1040. The molecule has 0 amide bonds. The van der Waals surface area contributed by atoms with Gasteiger partial charge in [-0.3, -0.25) is 0 Å². The molecule has 2 aromatic carbocycles. The standard InChI is InChI=1S/C27H31N3O2/c1-3-4-5-6-7-8-17-32-23-15-9-20(10-16-23)24-18-26(30-27(29)25(24)19-28)21-11-13-22(31-2)14-12-21/h9-16,18H,3-8,17H2,1-2H3,(H2,29,30). The third kappa shape index (κ3) is 6.01. The smallest absolute Gasteiger partial charge is 0.142 e. The fourth-order valence-electron chi connectivity index (χ4n) is 3.62. The Morgan fingerprint density at radius 2 is 1.50 bits per heavy atom. The van der Waals surface area contributed by atoms with Crippen molar-refractivity contribution in [2.45, 2.75) is 45.4 Å². The minimum Gasteiger partial charge on any atom is -0.497 e. The van der Waals surface area contributed by atoms with E-state index < -0.39 is 0 Å². The van der Waals surface area contributed by atoms with Crippen molar-refractivity contribution in [2.75, 3.05) is 19.5 Å². The molecular weight excluding hydrogens is 398 g/mol. The lowest BCUT2D eigenvalue weighted by Gasteiger charge is -2.12. The molecule has 5 heteroatoms. The summed E-state index contributed by atoms with van der Waals surface area (Å²) in [5, 5.41) is 9.65. The molecular formula is C27H31N3O2. The molecule has 0 bridgehead atoms. The van der Waals surface area contributed by atoms with E-state index in [-0.39, 0.29) is 5.82 Å². The van der Waals surface area contributed by atoms with Gasteiger partial charge in [0.2, 0.25) is 0 Å². The first-order chi connectivity index (χ1) is 15.7. The SMILES string of the molecule is CCCCCCCCOc1ccc(-c2cc(-c3ccc(OC)cc3)nc(N)c2C#N)cc1. The third-order valence-electron chi connectivity index (χ3n) is 5.48. The fourth-order valence-corrected chi connectivity index (χ4v) is 3.62. The number of nitrogens with zero attached hydrogens (tertiary/aromatic N) is 2. The van der Waals surface area contributed by atoms with E-state index in [0.717, 1.165) is 41.2 Å². The van der Waals surface area contributed by atoms with E-state index in [1.165, 1.54) is 32.1 Å². The number of rotatable bonds is 11. The van der Waals surface area contributed by atoms with Crippen molar-refractivity contribution in [3.05, 3.63) is 60.2 Å². The molecule has 0 radical (unpaired) electrons. The average molecular weight is 430 g/mol. The highest BCUT2D eigenvalue weighted by Crippen LogP contribution is 2.32. The number of pyridine rings is 1. The molecule has 0 saturated carbocycles. The number of hydrogen-bond acceptors (Lipinski definition) is 5. The second-order valence-electron chi connectivity index (χ2n) is 7.80. The summed E-state index contributed by atoms with van der Waals surface area (Å²) in [6, 6.07) is 19.5. The van der Waals surface area contributed by atoms with Crippen LogP contribution in [0.15, 0.2) is 54.6 Å². The molecule has 0 unspecified atom stereocenters. The molecule has 0 spiro atoms. The number of nitrogen functional groups attached to an aromatic ring is 1. The van der Waals surface area contributed by atoms with Crippen molar-refractivity contribution in [1.29, 1.82) is 5.26 Å². The van der Waals surface area contributed by atoms with Crippen molar-refractivity contribution < 1.29 is 9.47 Å². The number of ether oxygens (including phenoxy) is 2. The number of methoxy groups -OCH3 is 1. The number of hydrogen-bond donors (Lipinski definition) is 1. The molecule has 2 N–H and O–H groups in total. The molecule has 0 aliphatic rings. The zero-order chi connectivity index (χ0) is 22.8. The van der Waals surface area contributed by atoms with Crippen molar-refractivity contribution in [1.82, 2.24) is 4.98 Å². The van der Waals surface area contributed by atoms with Gasteiger partial charge in [0.05, 0.1) is 19.4 Å². The number of nitriles is 1. The fraction of sp³-hybridized carbons (Fsp3) is 0.333. The van der Waals surface area contributed by atoms with Gasteiger partial charge in [-0.15, -0.1) is 0 Å². The highest BCUT2D eigenvalue weighted by molar-refractivity contribution is 5.80. The summed E-state index contributed by atoms with van der Waals surface area (Å²) in [6.07, 6.45) is 7.42. The zero-order valence-electron chi connectivity index (χ0n) is 18.9. The molecule has 0 saturated heterocycles. The molecule has 0 fully saturated rings. The van der Waals surface area contributed by atoms with Crippen LogP contribution in [0.25, 0.3) is 22.4 Å². The largest absolute Gasteiger partial charge is 0.497 e. The third-order valence-corrected chi connectivity index (χ3v) is 5.48. The molecule has 5 nitrogen and oxygen atoms in total. The van der Waals surface area contributed by atoms with Gasteiger partial charge in [-0.25, -0.2) is 4.98 Å². The summed E-state index contributed by atoms with van der Waals surface area (Å²) in [4.78, 5) is 4.44. The molecule has 0 aliphatic heterocycles. The van der Waals surface area contributed by atoms with Crippen LogP contribution in [0.3, 0.4) is 0 Å². The van der Waals surface area contributed by atoms with Gasteiger partial charge in [-0.05, 0) is 54.4 Å². The van der Waals surface area contributed by atoms with Crippen LogP contribution in [0.4, 0.5) is 5.82 Å². The Morgan fingerprint density at radius 1 is 0.875 bits per heavy atom. The van der Waals surface area contributed by atoms with Crippen LogP contribution in [0.2, 0.25) is 0 Å². The molecule has 1 aromatic heterocycles. The summed E-state index contributed by atoms with van der Waals surface area (Å²) in [7, 11) is 1.63. The van der Waals surface area contributed by atoms with Gasteiger partial charge in [-0.1, -0.05) is 51.2 Å². The monoisotopic (exact) mass is 429 g/mol. The Balaban J connectivity index is 1.73. The first-order valence-corrected chi connectivity index (χ1v) is 11.2. The normalized spacial score (nSPS) is 10.5. The van der Waals surface area contributed by atoms with E-state index in [2.05, 4.69) is 18.0 Å². The van der Waals surface area contributed by atoms with Crippen molar-refractivity contribution in [3.8, 4) is 40.0 Å². The minimum atomic E-state index is 0.221. The maximum Gasteiger partial charge on any atom is 0.142 e. The molecule has 3 aromatic rings. The molecule has 166 valence electrons. The second kappa shape index (κ2) is 11.8. The number of aromatic nitrogens is 1. The van der Waals surface area contributed by atoms with Crippen LogP contribution in [0.5, 0.6) is 11.5 Å². The average Bonchev–Trinajstić information content (AvgIpc) is 2.83. The van der Waals surface area contributed by atoms with Crippen LogP contribution in [0, 0.1) is 11.3 Å². The van der Waals surface area contributed by atoms with Gasteiger partial charge in [0.25, 0.3) is 0 Å². The van der Waals surface area contributed by atoms with E-state index >= 15 is 0 Å². The molecule has 0 aliphatic carbocycles. The second-order valence-corrected chi connectivity index (χ2v) is 7.80. The Labute approximate surface area is 190 Å². The van der Waals surface area contributed by atoms with Crippen LogP contribution in [0.1, 0.15) is 51.0 Å². The summed E-state index contributed by atoms with van der Waals surface area (Å²) in [5.41, 5.74) is 9.79. The lowest BCUT2D eigenvalue weighted by atomic mass is 9.98. The van der Waals surface area contributed by atoms with E-state index in [1.54, 1.807) is 7.11 Å². The number of benzene rings is 2. The lowest BCUT2D eigenvalue weighted by molar-refractivity contribution is 0.304. The first-order valence-electron chi connectivity index (χ1n) is 11.2. The minimum absolute atomic E-state index is 0.221. The summed E-state index contributed by atoms with van der Waals surface area (Å²) in [6.45, 7) is 2.95. The van der Waals surface area contributed by atoms with Gasteiger partial charge in [0.15, 0.2) is 0 Å². The van der Waals surface area contributed by atoms with Crippen molar-refractivity contribution in [3.63, 3.8) is 0 Å². The van der Waals surface area contributed by atoms with Crippen molar-refractivity contribution in [2.24, 2.45) is 0 Å². The predicted octanol–water partition coefficient (Wildman–Crippen LogP) is 6.62. The maximum atomic E-state index is 9.65. The lowest BCUT2D eigenvalue weighted by Crippen LogP contribution is -2.00. The highest BCUT2D eigenvalue weighted by Gasteiger charge is 2.14. The van der Waals surface area contributed by atoms with E-state index in [4.69, 9.17) is 15.2 Å². The van der Waals surface area contributed by atoms with Gasteiger partial charge < -0.3 is 15.2 Å². The number of nitrogens with two attached hydrogens (primary N) is 1. The van der Waals surface area contributed by atoms with Crippen LogP contribution >= 0.6 is 0 Å². The van der Waals surface area contributed by atoms with Gasteiger partial charge >= 0.3 is 0 Å². The number of anilines is 1. The molecule has 32 heavy (non-hydrogen) atoms. The quantitative estimate of drug-likeness (QED) is 0.347. The van der Waals surface area contributed by atoms with E-state index in [1.807, 2.05) is 54.6 Å². The topological polar surface area (TPSA) is 81.2 Å². The van der Waals surface area contributed by atoms with Gasteiger partial charge in [-0.2, -0.15) is 5.26 Å². The van der Waals surface area contributed by atoms with Crippen LogP contribution < -0.4 is 15.2 Å². The molecule has 0 atom stereocenters. The van der Waals surface area contributed by atoms with Gasteiger partial charge in [0.1, 0.15) is 28.9 Å².